The van der Waals surface area contributed by atoms with E-state index in [2.05, 4.69) is 37.2 Å². The molecule has 2 rings (SSSR count). The number of halogens is 1. The first-order valence-corrected chi connectivity index (χ1v) is 6.55. The van der Waals surface area contributed by atoms with E-state index in [0.717, 1.165) is 36.5 Å². The lowest BCUT2D eigenvalue weighted by Gasteiger charge is -2.33. The SMILES string of the molecule is N#CC[C@H](c1cccc(Br)n1)N1CCNCC1. The number of rotatable bonds is 3. The molecule has 2 heterocycles. The summed E-state index contributed by atoms with van der Waals surface area (Å²) in [6.45, 7) is 3.91. The van der Waals surface area contributed by atoms with Gasteiger partial charge in [0.2, 0.25) is 0 Å². The van der Waals surface area contributed by atoms with Crippen molar-refractivity contribution in [3.63, 3.8) is 0 Å². The molecule has 0 bridgehead atoms. The van der Waals surface area contributed by atoms with E-state index in [4.69, 9.17) is 5.26 Å². The molecule has 0 aliphatic carbocycles. The summed E-state index contributed by atoms with van der Waals surface area (Å²) in [5, 5.41) is 12.3. The second-order valence-corrected chi connectivity index (χ2v) is 4.86. The molecule has 90 valence electrons. The number of aromatic nitrogens is 1. The number of hydrogen-bond donors (Lipinski definition) is 1. The molecule has 1 aliphatic heterocycles. The van der Waals surface area contributed by atoms with E-state index >= 15 is 0 Å². The standard InChI is InChI=1S/C12H15BrN4/c13-12-3-1-2-10(16-12)11(4-5-14)17-8-6-15-7-9-17/h1-3,11,15H,4,6-9H2/t11-/m1/s1. The van der Waals surface area contributed by atoms with E-state index in [1.165, 1.54) is 0 Å². The average Bonchev–Trinajstić information content (AvgIpc) is 2.37. The molecule has 1 fully saturated rings. The monoisotopic (exact) mass is 294 g/mol. The Morgan fingerprint density at radius 3 is 2.88 bits per heavy atom. The van der Waals surface area contributed by atoms with Gasteiger partial charge in [0.1, 0.15) is 4.60 Å². The van der Waals surface area contributed by atoms with E-state index < -0.39 is 0 Å². The molecule has 0 amide bonds. The topological polar surface area (TPSA) is 52.0 Å². The molecule has 0 unspecified atom stereocenters. The molecule has 1 N–H and O–H groups in total. The Morgan fingerprint density at radius 1 is 1.47 bits per heavy atom. The fourth-order valence-corrected chi connectivity index (χ4v) is 2.47. The van der Waals surface area contributed by atoms with Crippen LogP contribution in [0.3, 0.4) is 0 Å². The van der Waals surface area contributed by atoms with Gasteiger partial charge < -0.3 is 5.32 Å². The van der Waals surface area contributed by atoms with Crippen LogP contribution in [0.2, 0.25) is 0 Å². The molecular formula is C12H15BrN4. The van der Waals surface area contributed by atoms with Crippen molar-refractivity contribution in [2.24, 2.45) is 0 Å². The highest BCUT2D eigenvalue weighted by atomic mass is 79.9. The first-order chi connectivity index (χ1) is 8.31. The third-order valence-electron chi connectivity index (χ3n) is 2.96. The van der Waals surface area contributed by atoms with Gasteiger partial charge in [0.15, 0.2) is 0 Å². The van der Waals surface area contributed by atoms with Crippen LogP contribution in [0.25, 0.3) is 0 Å². The largest absolute Gasteiger partial charge is 0.314 e. The Hall–Kier alpha value is -0.960. The summed E-state index contributed by atoms with van der Waals surface area (Å²) in [6, 6.07) is 8.25. The van der Waals surface area contributed by atoms with Crippen LogP contribution in [-0.4, -0.2) is 36.1 Å². The highest BCUT2D eigenvalue weighted by Crippen LogP contribution is 2.23. The maximum atomic E-state index is 8.97. The molecule has 5 heteroatoms. The second kappa shape index (κ2) is 6.10. The summed E-state index contributed by atoms with van der Waals surface area (Å²) in [6.07, 6.45) is 0.490. The molecule has 1 aliphatic rings. The third-order valence-corrected chi connectivity index (χ3v) is 3.40. The lowest BCUT2D eigenvalue weighted by Crippen LogP contribution is -2.45. The van der Waals surface area contributed by atoms with Gasteiger partial charge in [0.05, 0.1) is 24.2 Å². The molecule has 4 nitrogen and oxygen atoms in total. The van der Waals surface area contributed by atoms with Crippen molar-refractivity contribution in [1.82, 2.24) is 15.2 Å². The number of nitriles is 1. The number of nitrogens with zero attached hydrogens (tertiary/aromatic N) is 3. The van der Waals surface area contributed by atoms with Crippen LogP contribution < -0.4 is 5.32 Å². The van der Waals surface area contributed by atoms with Gasteiger partial charge in [-0.3, -0.25) is 4.90 Å². The smallest absolute Gasteiger partial charge is 0.106 e. The van der Waals surface area contributed by atoms with Crippen LogP contribution in [-0.2, 0) is 0 Å². The molecule has 0 aromatic carbocycles. The Bertz CT molecular complexity index is 409. The highest BCUT2D eigenvalue weighted by Gasteiger charge is 2.22. The van der Waals surface area contributed by atoms with Crippen molar-refractivity contribution in [2.75, 3.05) is 26.2 Å². The van der Waals surface area contributed by atoms with Gasteiger partial charge in [0.25, 0.3) is 0 Å². The van der Waals surface area contributed by atoms with Gasteiger partial charge in [0, 0.05) is 26.2 Å². The Balaban J connectivity index is 2.19. The number of nitrogens with one attached hydrogen (secondary N) is 1. The van der Waals surface area contributed by atoms with Crippen molar-refractivity contribution < 1.29 is 0 Å². The lowest BCUT2D eigenvalue weighted by atomic mass is 10.1. The normalized spacial score (nSPS) is 18.6. The van der Waals surface area contributed by atoms with Gasteiger partial charge in [-0.15, -0.1) is 0 Å². The van der Waals surface area contributed by atoms with Crippen LogP contribution in [0.1, 0.15) is 18.2 Å². The van der Waals surface area contributed by atoms with E-state index in [1.807, 2.05) is 18.2 Å². The molecule has 1 aromatic rings. The van der Waals surface area contributed by atoms with Gasteiger partial charge in [-0.05, 0) is 28.1 Å². The number of pyridine rings is 1. The fourth-order valence-electron chi connectivity index (χ4n) is 2.11. The van der Waals surface area contributed by atoms with Crippen molar-refractivity contribution >= 4 is 15.9 Å². The van der Waals surface area contributed by atoms with Crippen molar-refractivity contribution in [1.29, 1.82) is 5.26 Å². The van der Waals surface area contributed by atoms with Crippen molar-refractivity contribution in [3.8, 4) is 6.07 Å². The van der Waals surface area contributed by atoms with Crippen molar-refractivity contribution in [3.05, 3.63) is 28.5 Å². The zero-order valence-corrected chi connectivity index (χ0v) is 11.2. The van der Waals surface area contributed by atoms with E-state index in [-0.39, 0.29) is 6.04 Å². The first kappa shape index (κ1) is 12.5. The molecule has 1 aromatic heterocycles. The van der Waals surface area contributed by atoms with E-state index in [0.29, 0.717) is 6.42 Å². The van der Waals surface area contributed by atoms with Gasteiger partial charge in [-0.25, -0.2) is 4.98 Å². The average molecular weight is 295 g/mol. The fraction of sp³-hybridized carbons (Fsp3) is 0.500. The predicted octanol–water partition coefficient (Wildman–Crippen LogP) is 1.70. The van der Waals surface area contributed by atoms with Crippen molar-refractivity contribution in [2.45, 2.75) is 12.5 Å². The van der Waals surface area contributed by atoms with Crippen LogP contribution in [0.4, 0.5) is 0 Å². The summed E-state index contributed by atoms with van der Waals surface area (Å²) < 4.78 is 0.827. The van der Waals surface area contributed by atoms with Gasteiger partial charge >= 0.3 is 0 Å². The minimum absolute atomic E-state index is 0.111. The highest BCUT2D eigenvalue weighted by molar-refractivity contribution is 9.10. The maximum absolute atomic E-state index is 8.97. The third kappa shape index (κ3) is 3.25. The zero-order chi connectivity index (χ0) is 12.1. The molecule has 17 heavy (non-hydrogen) atoms. The van der Waals surface area contributed by atoms with Crippen LogP contribution in [0.15, 0.2) is 22.8 Å². The molecule has 0 radical (unpaired) electrons. The Kier molecular flexibility index (Phi) is 4.49. The molecule has 1 saturated heterocycles. The molecule has 1 atom stereocenters. The maximum Gasteiger partial charge on any atom is 0.106 e. The summed E-state index contributed by atoms with van der Waals surface area (Å²) in [4.78, 5) is 6.80. The minimum Gasteiger partial charge on any atom is -0.314 e. The molecule has 0 spiro atoms. The number of hydrogen-bond acceptors (Lipinski definition) is 4. The first-order valence-electron chi connectivity index (χ1n) is 5.75. The zero-order valence-electron chi connectivity index (χ0n) is 9.56. The van der Waals surface area contributed by atoms with Gasteiger partial charge in [-0.1, -0.05) is 6.07 Å². The summed E-state index contributed by atoms with van der Waals surface area (Å²) >= 11 is 3.38. The Labute approximate surface area is 110 Å². The van der Waals surface area contributed by atoms with Crippen LogP contribution >= 0.6 is 15.9 Å². The van der Waals surface area contributed by atoms with E-state index in [9.17, 15) is 0 Å². The molecule has 0 saturated carbocycles. The summed E-state index contributed by atoms with van der Waals surface area (Å²) in [7, 11) is 0. The molecular weight excluding hydrogens is 280 g/mol. The summed E-state index contributed by atoms with van der Waals surface area (Å²) in [5.74, 6) is 0. The summed E-state index contributed by atoms with van der Waals surface area (Å²) in [5.41, 5.74) is 0.975. The van der Waals surface area contributed by atoms with Crippen LogP contribution in [0, 0.1) is 11.3 Å². The Morgan fingerprint density at radius 2 is 2.24 bits per heavy atom. The van der Waals surface area contributed by atoms with E-state index in [1.54, 1.807) is 0 Å². The quantitative estimate of drug-likeness (QED) is 0.862. The van der Waals surface area contributed by atoms with Crippen LogP contribution in [0.5, 0.6) is 0 Å². The van der Waals surface area contributed by atoms with Gasteiger partial charge in [-0.2, -0.15) is 5.26 Å². The second-order valence-electron chi connectivity index (χ2n) is 4.05. The predicted molar refractivity (Wildman–Crippen MR) is 69.4 cm³/mol. The lowest BCUT2D eigenvalue weighted by molar-refractivity contribution is 0.172. The minimum atomic E-state index is 0.111. The number of piperazine rings is 1.